The van der Waals surface area contributed by atoms with Crippen molar-refractivity contribution in [2.24, 2.45) is 0 Å². The van der Waals surface area contributed by atoms with Gasteiger partial charge in [0.05, 0.1) is 5.56 Å². The van der Waals surface area contributed by atoms with Gasteiger partial charge in [-0.05, 0) is 31.2 Å². The SMILES string of the molecule is CC[n+]1cccc(/C=C2\Oc3cc(O)ccc3C2=O)c1.[I-]. The summed E-state index contributed by atoms with van der Waals surface area (Å²) in [4.78, 5) is 12.2. The number of nitrogens with zero attached hydrogens (tertiary/aromatic N) is 1. The fourth-order valence-electron chi connectivity index (χ4n) is 2.15. The van der Waals surface area contributed by atoms with Gasteiger partial charge in [-0.25, -0.2) is 4.57 Å². The topological polar surface area (TPSA) is 50.4 Å². The van der Waals surface area contributed by atoms with Crippen LogP contribution in [0.15, 0.2) is 48.5 Å². The Kier molecular flexibility index (Phi) is 4.62. The maximum atomic E-state index is 12.2. The molecule has 0 spiro atoms. The lowest BCUT2D eigenvalue weighted by atomic mass is 10.1. The van der Waals surface area contributed by atoms with E-state index >= 15 is 0 Å². The third-order valence-electron chi connectivity index (χ3n) is 3.20. The molecule has 2 aromatic rings. The second-order valence-electron chi connectivity index (χ2n) is 4.59. The molecular formula is C16H14INO3. The molecule has 0 saturated carbocycles. The molecule has 1 aromatic carbocycles. The Hall–Kier alpha value is -1.89. The lowest BCUT2D eigenvalue weighted by Gasteiger charge is -1.98. The molecule has 0 saturated heterocycles. The molecule has 0 fully saturated rings. The van der Waals surface area contributed by atoms with E-state index < -0.39 is 0 Å². The Morgan fingerprint density at radius 3 is 2.90 bits per heavy atom. The van der Waals surface area contributed by atoms with Gasteiger partial charge < -0.3 is 33.8 Å². The standard InChI is InChI=1S/C16H13NO3.HI/c1-2-17-7-3-4-11(10-17)8-15-16(19)13-6-5-12(18)9-14(13)20-15;/h3-10H,2H2,1H3;1H/b15-8-;. The maximum absolute atomic E-state index is 12.2. The van der Waals surface area contributed by atoms with Crippen molar-refractivity contribution in [3.05, 3.63) is 59.6 Å². The van der Waals surface area contributed by atoms with Crippen molar-refractivity contribution in [1.82, 2.24) is 0 Å². The Morgan fingerprint density at radius 2 is 2.14 bits per heavy atom. The number of aromatic hydroxyl groups is 1. The summed E-state index contributed by atoms with van der Waals surface area (Å²) in [7, 11) is 0. The summed E-state index contributed by atoms with van der Waals surface area (Å²) in [5.74, 6) is 0.605. The predicted octanol–water partition coefficient (Wildman–Crippen LogP) is -0.680. The lowest BCUT2D eigenvalue weighted by Crippen LogP contribution is -3.00. The second-order valence-corrected chi connectivity index (χ2v) is 4.59. The van der Waals surface area contributed by atoms with Crippen LogP contribution in [0.1, 0.15) is 22.8 Å². The van der Waals surface area contributed by atoms with E-state index in [0.717, 1.165) is 12.1 Å². The van der Waals surface area contributed by atoms with Gasteiger partial charge in [-0.1, -0.05) is 0 Å². The van der Waals surface area contributed by atoms with Crippen LogP contribution in [-0.2, 0) is 6.54 Å². The number of Topliss-reactive ketones (excluding diaryl/α,β-unsaturated/α-hetero) is 1. The predicted molar refractivity (Wildman–Crippen MR) is 73.4 cm³/mol. The minimum Gasteiger partial charge on any atom is -1.00 e. The highest BCUT2D eigenvalue weighted by atomic mass is 127. The van der Waals surface area contributed by atoms with Crippen LogP contribution in [0.25, 0.3) is 6.08 Å². The van der Waals surface area contributed by atoms with Gasteiger partial charge in [-0.15, -0.1) is 0 Å². The van der Waals surface area contributed by atoms with Crippen LogP contribution in [0.2, 0.25) is 0 Å². The summed E-state index contributed by atoms with van der Waals surface area (Å²) in [6, 6.07) is 8.34. The van der Waals surface area contributed by atoms with Crippen LogP contribution >= 0.6 is 0 Å². The molecule has 21 heavy (non-hydrogen) atoms. The van der Waals surface area contributed by atoms with Crippen molar-refractivity contribution in [2.45, 2.75) is 13.5 Å². The first-order valence-electron chi connectivity index (χ1n) is 6.44. The zero-order chi connectivity index (χ0) is 14.1. The van der Waals surface area contributed by atoms with Crippen molar-refractivity contribution in [3.63, 3.8) is 0 Å². The van der Waals surface area contributed by atoms with Crippen LogP contribution in [0.4, 0.5) is 0 Å². The first-order valence-corrected chi connectivity index (χ1v) is 6.44. The summed E-state index contributed by atoms with van der Waals surface area (Å²) >= 11 is 0. The molecule has 0 aliphatic carbocycles. The van der Waals surface area contributed by atoms with Crippen LogP contribution < -0.4 is 33.3 Å². The highest BCUT2D eigenvalue weighted by Gasteiger charge is 2.27. The molecule has 1 aliphatic heterocycles. The smallest absolute Gasteiger partial charge is 0.231 e. The van der Waals surface area contributed by atoms with Crippen LogP contribution in [0, 0.1) is 0 Å². The largest absolute Gasteiger partial charge is 1.00 e. The van der Waals surface area contributed by atoms with Crippen molar-refractivity contribution >= 4 is 11.9 Å². The zero-order valence-electron chi connectivity index (χ0n) is 11.4. The van der Waals surface area contributed by atoms with Gasteiger partial charge in [0.2, 0.25) is 5.78 Å². The van der Waals surface area contributed by atoms with Gasteiger partial charge in [-0.2, -0.15) is 0 Å². The number of aryl methyl sites for hydroxylation is 1. The Labute approximate surface area is 139 Å². The van der Waals surface area contributed by atoms with Gasteiger partial charge >= 0.3 is 0 Å². The van der Waals surface area contributed by atoms with E-state index in [1.54, 1.807) is 12.1 Å². The van der Waals surface area contributed by atoms with Crippen LogP contribution in [0.3, 0.4) is 0 Å². The van der Waals surface area contributed by atoms with Crippen molar-refractivity contribution in [1.29, 1.82) is 0 Å². The number of allylic oxidation sites excluding steroid dienone is 1. The van der Waals surface area contributed by atoms with Gasteiger partial charge in [0.25, 0.3) is 0 Å². The molecule has 0 radical (unpaired) electrons. The van der Waals surface area contributed by atoms with E-state index in [2.05, 4.69) is 0 Å². The lowest BCUT2D eigenvalue weighted by molar-refractivity contribution is -0.693. The Bertz CT molecular complexity index is 725. The molecule has 1 aliphatic rings. The van der Waals surface area contributed by atoms with E-state index in [-0.39, 0.29) is 41.3 Å². The molecule has 5 heteroatoms. The molecule has 3 rings (SSSR count). The molecule has 4 nitrogen and oxygen atoms in total. The van der Waals surface area contributed by atoms with E-state index in [1.165, 1.54) is 12.1 Å². The first-order chi connectivity index (χ1) is 9.67. The van der Waals surface area contributed by atoms with Gasteiger partial charge in [0.15, 0.2) is 18.2 Å². The minimum atomic E-state index is -0.160. The number of carbonyl (C=O) groups is 1. The second kappa shape index (κ2) is 6.26. The number of carbonyl (C=O) groups excluding carboxylic acids is 1. The normalized spacial score (nSPS) is 14.5. The summed E-state index contributed by atoms with van der Waals surface area (Å²) < 4.78 is 7.54. The molecule has 0 atom stereocenters. The van der Waals surface area contributed by atoms with E-state index in [9.17, 15) is 9.90 Å². The van der Waals surface area contributed by atoms with Gasteiger partial charge in [-0.3, -0.25) is 4.79 Å². The summed E-state index contributed by atoms with van der Waals surface area (Å²) in [6.45, 7) is 2.91. The number of hydrogen-bond acceptors (Lipinski definition) is 3. The zero-order valence-corrected chi connectivity index (χ0v) is 13.6. The number of halogens is 1. The maximum Gasteiger partial charge on any atom is 0.231 e. The van der Waals surface area contributed by atoms with Crippen molar-refractivity contribution in [3.8, 4) is 11.5 Å². The quantitative estimate of drug-likeness (QED) is 0.417. The number of fused-ring (bicyclic) bond motifs is 1. The average Bonchev–Trinajstić information content (AvgIpc) is 2.75. The average molecular weight is 395 g/mol. The third kappa shape index (κ3) is 3.07. The molecule has 1 aromatic heterocycles. The van der Waals surface area contributed by atoms with Crippen LogP contribution in [-0.4, -0.2) is 10.9 Å². The van der Waals surface area contributed by atoms with E-state index in [1.807, 2.05) is 36.0 Å². The highest BCUT2D eigenvalue weighted by Crippen LogP contribution is 2.34. The van der Waals surface area contributed by atoms with E-state index in [0.29, 0.717) is 11.3 Å². The van der Waals surface area contributed by atoms with Crippen molar-refractivity contribution in [2.75, 3.05) is 0 Å². The number of rotatable bonds is 2. The highest BCUT2D eigenvalue weighted by molar-refractivity contribution is 6.14. The number of benzene rings is 1. The number of phenolic OH excluding ortho intramolecular Hbond substituents is 1. The Balaban J connectivity index is 0.00000161. The molecule has 2 heterocycles. The number of pyridine rings is 1. The monoisotopic (exact) mass is 395 g/mol. The van der Waals surface area contributed by atoms with E-state index in [4.69, 9.17) is 4.74 Å². The van der Waals surface area contributed by atoms with Crippen molar-refractivity contribution < 1.29 is 43.2 Å². The molecular weight excluding hydrogens is 381 g/mol. The number of hydrogen-bond donors (Lipinski definition) is 1. The Morgan fingerprint density at radius 1 is 1.33 bits per heavy atom. The van der Waals surface area contributed by atoms with Crippen LogP contribution in [0.5, 0.6) is 11.5 Å². The van der Waals surface area contributed by atoms with Gasteiger partial charge in [0, 0.05) is 17.7 Å². The fourth-order valence-corrected chi connectivity index (χ4v) is 2.15. The summed E-state index contributed by atoms with van der Waals surface area (Å²) in [5, 5.41) is 9.41. The summed E-state index contributed by atoms with van der Waals surface area (Å²) in [5.41, 5.74) is 1.38. The number of ketones is 1. The number of ether oxygens (including phenoxy) is 1. The molecule has 1 N–H and O–H groups in total. The first kappa shape index (κ1) is 15.5. The minimum absolute atomic E-state index is 0. The fraction of sp³-hybridized carbons (Fsp3) is 0.125. The molecule has 0 unspecified atom stereocenters. The number of phenols is 1. The summed E-state index contributed by atoms with van der Waals surface area (Å²) in [6.07, 6.45) is 5.63. The molecule has 108 valence electrons. The van der Waals surface area contributed by atoms with Gasteiger partial charge in [0.1, 0.15) is 18.0 Å². The number of aromatic nitrogens is 1. The third-order valence-corrected chi connectivity index (χ3v) is 3.20. The molecule has 0 amide bonds. The molecule has 0 bridgehead atoms.